The summed E-state index contributed by atoms with van der Waals surface area (Å²) in [6, 6.07) is 120. The number of aromatic nitrogens is 1. The van der Waals surface area contributed by atoms with Crippen LogP contribution >= 0.6 is 0 Å². The summed E-state index contributed by atoms with van der Waals surface area (Å²) in [5, 5.41) is 4.72. The Kier molecular flexibility index (Phi) is 12.7. The van der Waals surface area contributed by atoms with Gasteiger partial charge in [0, 0.05) is 62.1 Å². The van der Waals surface area contributed by atoms with Gasteiger partial charge in [-0.3, -0.25) is 0 Å². The van der Waals surface area contributed by atoms with E-state index in [4.69, 9.17) is 0 Å². The number of anilines is 5. The van der Waals surface area contributed by atoms with Crippen molar-refractivity contribution in [3.8, 4) is 16.8 Å². The van der Waals surface area contributed by atoms with Crippen molar-refractivity contribution in [3.63, 3.8) is 0 Å². The van der Waals surface area contributed by atoms with Gasteiger partial charge in [-0.05, 0) is 168 Å². The lowest BCUT2D eigenvalue weighted by Gasteiger charge is -2.31. The van der Waals surface area contributed by atoms with E-state index < -0.39 is 0 Å². The van der Waals surface area contributed by atoms with Crippen LogP contribution in [-0.4, -0.2) is 4.57 Å². The monoisotopic (exact) mass is 1130 g/mol. The SMILES string of the molecule is C1=CC2c3ccccc3C(=C(c3ccccc3)c3ccccc3)C2C=C1N(c1ccccc1)c1ccc2c(c1)c1cc(N(c3ccccc3)c3ccc4c(c3)C(=C(c3ccccc3)c3ccccc3)c3ccccc3-4)ccc1n2-c1cccc2ccccc12. The topological polar surface area (TPSA) is 11.4 Å². The largest absolute Gasteiger partial charge is 0.311 e. The lowest BCUT2D eigenvalue weighted by molar-refractivity contribution is 0.742. The summed E-state index contributed by atoms with van der Waals surface area (Å²) in [6.45, 7) is 0. The molecular weight excluding hydrogens is 1070 g/mol. The maximum Gasteiger partial charge on any atom is 0.0542 e. The Hall–Kier alpha value is -11.5. The van der Waals surface area contributed by atoms with Gasteiger partial charge in [0.2, 0.25) is 0 Å². The molecule has 89 heavy (non-hydrogen) atoms. The highest BCUT2D eigenvalue weighted by Gasteiger charge is 2.39. The smallest absolute Gasteiger partial charge is 0.0542 e. The van der Waals surface area contributed by atoms with Gasteiger partial charge in [-0.2, -0.15) is 0 Å². The van der Waals surface area contributed by atoms with Gasteiger partial charge in [0.1, 0.15) is 0 Å². The molecule has 0 fully saturated rings. The number of benzene rings is 13. The zero-order valence-corrected chi connectivity index (χ0v) is 48.9. The molecule has 14 aromatic rings. The molecule has 1 aromatic heterocycles. The first kappa shape index (κ1) is 51.9. The lowest BCUT2D eigenvalue weighted by atomic mass is 9.81. The first-order chi connectivity index (χ1) is 44.2. The first-order valence-corrected chi connectivity index (χ1v) is 30.9. The van der Waals surface area contributed by atoms with E-state index in [0.29, 0.717) is 0 Å². The van der Waals surface area contributed by atoms with Crippen LogP contribution in [0.2, 0.25) is 0 Å². The second-order valence-corrected chi connectivity index (χ2v) is 23.4. The zero-order valence-electron chi connectivity index (χ0n) is 48.9. The summed E-state index contributed by atoms with van der Waals surface area (Å²) in [7, 11) is 0. The minimum Gasteiger partial charge on any atom is -0.311 e. The number of hydrogen-bond acceptors (Lipinski definition) is 2. The van der Waals surface area contributed by atoms with Crippen LogP contribution < -0.4 is 9.80 Å². The van der Waals surface area contributed by atoms with Crippen molar-refractivity contribution in [2.75, 3.05) is 9.80 Å². The number of hydrogen-bond donors (Lipinski definition) is 0. The molecule has 0 N–H and O–H groups in total. The van der Waals surface area contributed by atoms with E-state index in [2.05, 4.69) is 360 Å². The summed E-state index contributed by atoms with van der Waals surface area (Å²) in [4.78, 5) is 4.93. The molecule has 0 saturated heterocycles. The third kappa shape index (κ3) is 8.81. The summed E-state index contributed by atoms with van der Waals surface area (Å²) in [5.41, 5.74) is 27.4. The summed E-state index contributed by atoms with van der Waals surface area (Å²) in [5.74, 6) is 0.247. The molecule has 0 amide bonds. The van der Waals surface area contributed by atoms with Crippen LogP contribution in [0, 0.1) is 5.92 Å². The second-order valence-electron chi connectivity index (χ2n) is 23.4. The average Bonchev–Trinajstić information content (AvgIpc) is 1.73. The Morgan fingerprint density at radius 3 is 1.38 bits per heavy atom. The Labute approximate surface area is 519 Å². The minimum atomic E-state index is 0.0702. The number of nitrogens with zero attached hydrogens (tertiary/aromatic N) is 3. The predicted octanol–water partition coefficient (Wildman–Crippen LogP) is 22.4. The Morgan fingerprint density at radius 1 is 0.303 bits per heavy atom. The van der Waals surface area contributed by atoms with Crippen LogP contribution in [0.15, 0.2) is 352 Å². The van der Waals surface area contributed by atoms with Crippen molar-refractivity contribution in [2.45, 2.75) is 5.92 Å². The van der Waals surface area contributed by atoms with Crippen LogP contribution in [0.25, 0.3) is 71.7 Å². The van der Waals surface area contributed by atoms with Crippen molar-refractivity contribution >= 4 is 83.3 Å². The van der Waals surface area contributed by atoms with Crippen molar-refractivity contribution in [1.82, 2.24) is 4.57 Å². The molecule has 1 heterocycles. The average molecular weight is 1130 g/mol. The highest BCUT2D eigenvalue weighted by molar-refractivity contribution is 6.16. The van der Waals surface area contributed by atoms with E-state index in [-0.39, 0.29) is 11.8 Å². The normalized spacial score (nSPS) is 14.5. The van der Waals surface area contributed by atoms with Gasteiger partial charge < -0.3 is 14.4 Å². The van der Waals surface area contributed by atoms with Gasteiger partial charge in [-0.15, -0.1) is 0 Å². The molecule has 3 aliphatic carbocycles. The molecule has 0 aliphatic heterocycles. The molecule has 3 heteroatoms. The summed E-state index contributed by atoms with van der Waals surface area (Å²) >= 11 is 0. The predicted molar refractivity (Wildman–Crippen MR) is 374 cm³/mol. The van der Waals surface area contributed by atoms with Crippen LogP contribution in [-0.2, 0) is 0 Å². The molecule has 17 rings (SSSR count). The molecule has 2 atom stereocenters. The van der Waals surface area contributed by atoms with E-state index >= 15 is 0 Å². The van der Waals surface area contributed by atoms with Gasteiger partial charge in [0.15, 0.2) is 0 Å². The Balaban J connectivity index is 0.879. The number of para-hydroxylation sites is 2. The van der Waals surface area contributed by atoms with Crippen LogP contribution in [0.4, 0.5) is 28.4 Å². The number of rotatable bonds is 11. The van der Waals surface area contributed by atoms with Crippen LogP contribution in [0.3, 0.4) is 0 Å². The van der Waals surface area contributed by atoms with Crippen molar-refractivity contribution in [1.29, 1.82) is 0 Å². The fourth-order valence-electron chi connectivity index (χ4n) is 14.7. The van der Waals surface area contributed by atoms with Crippen LogP contribution in [0.1, 0.15) is 50.4 Å². The van der Waals surface area contributed by atoms with Gasteiger partial charge in [0.05, 0.1) is 16.7 Å². The minimum absolute atomic E-state index is 0.0702. The molecule has 13 aromatic carbocycles. The molecule has 2 unspecified atom stereocenters. The van der Waals surface area contributed by atoms with Gasteiger partial charge in [-0.1, -0.05) is 261 Å². The van der Waals surface area contributed by atoms with Crippen molar-refractivity contribution in [2.24, 2.45) is 5.92 Å². The molecule has 0 bridgehead atoms. The van der Waals surface area contributed by atoms with E-state index in [1.54, 1.807) is 0 Å². The molecule has 0 spiro atoms. The molecular formula is C86H59N3. The number of fused-ring (bicyclic) bond motifs is 10. The van der Waals surface area contributed by atoms with Gasteiger partial charge >= 0.3 is 0 Å². The van der Waals surface area contributed by atoms with E-state index in [0.717, 1.165) is 61.6 Å². The summed E-state index contributed by atoms with van der Waals surface area (Å²) < 4.78 is 2.49. The maximum absolute atomic E-state index is 2.55. The summed E-state index contributed by atoms with van der Waals surface area (Å²) in [6.07, 6.45) is 7.39. The first-order valence-electron chi connectivity index (χ1n) is 30.9. The maximum atomic E-state index is 2.55. The molecule has 418 valence electrons. The van der Waals surface area contributed by atoms with Gasteiger partial charge in [0.25, 0.3) is 0 Å². The fraction of sp³-hybridized carbons (Fsp3) is 0.0233. The highest BCUT2D eigenvalue weighted by Crippen LogP contribution is 2.55. The fourth-order valence-corrected chi connectivity index (χ4v) is 14.7. The lowest BCUT2D eigenvalue weighted by Crippen LogP contribution is -2.20. The van der Waals surface area contributed by atoms with Crippen molar-refractivity contribution in [3.05, 3.63) is 396 Å². The van der Waals surface area contributed by atoms with Crippen molar-refractivity contribution < 1.29 is 0 Å². The van der Waals surface area contributed by atoms with Crippen LogP contribution in [0.5, 0.6) is 0 Å². The second kappa shape index (κ2) is 21.8. The Morgan fingerprint density at radius 2 is 0.764 bits per heavy atom. The Bertz CT molecular complexity index is 5080. The zero-order chi connectivity index (χ0) is 58.8. The molecule has 3 aliphatic rings. The molecule has 0 radical (unpaired) electrons. The molecule has 3 nitrogen and oxygen atoms in total. The van der Waals surface area contributed by atoms with E-state index in [1.807, 2.05) is 0 Å². The van der Waals surface area contributed by atoms with E-state index in [1.165, 1.54) is 88.7 Å². The van der Waals surface area contributed by atoms with Gasteiger partial charge in [-0.25, -0.2) is 0 Å². The number of allylic oxidation sites excluding steroid dienone is 4. The standard InChI is InChI=1S/C86H59N3/c1-7-27-59(28-8-1)83(60-29-9-2-10-30-60)85-74-43-23-21-41-70(74)72-50-46-65(56-78(72)85)87(63-36-15-5-16-37-63)67-48-52-81-76(54-67)77-55-68(49-53-82(77)89(81)80-45-25-35-58-26-19-20-40-69(58)80)88(64-38-17-6-18-39-64)66-47-51-73-71-42-22-24-44-75(71)86(79(73)57-66)84(61-31-11-3-12-32-61)62-33-13-4-14-34-62/h1-57,72,78H. The third-order valence-corrected chi connectivity index (χ3v) is 18.5. The quantitative estimate of drug-likeness (QED) is 0.128. The third-order valence-electron chi connectivity index (χ3n) is 18.5. The molecule has 0 saturated carbocycles. The van der Waals surface area contributed by atoms with E-state index in [9.17, 15) is 0 Å². The highest BCUT2D eigenvalue weighted by atomic mass is 15.2.